The molecule has 0 amide bonds. The Labute approximate surface area is 293 Å². The van der Waals surface area contributed by atoms with E-state index in [9.17, 15) is 0 Å². The van der Waals surface area contributed by atoms with Gasteiger partial charge in [0.1, 0.15) is 0 Å². The molecule has 6 aromatic rings. The summed E-state index contributed by atoms with van der Waals surface area (Å²) >= 11 is -0.826. The van der Waals surface area contributed by atoms with Crippen LogP contribution in [0, 0.1) is 41.5 Å². The van der Waals surface area contributed by atoms with Gasteiger partial charge in [-0.3, -0.25) is 0 Å². The molecule has 45 heavy (non-hydrogen) atoms. The van der Waals surface area contributed by atoms with Gasteiger partial charge in [0.05, 0.1) is 0 Å². The summed E-state index contributed by atoms with van der Waals surface area (Å²) in [7, 11) is 11.0. The molecule has 0 aliphatic carbocycles. The van der Waals surface area contributed by atoms with Gasteiger partial charge in [-0.05, 0) is 67.0 Å². The summed E-state index contributed by atoms with van der Waals surface area (Å²) < 4.78 is 0. The Morgan fingerprint density at radius 3 is 1.56 bits per heavy atom. The van der Waals surface area contributed by atoms with E-state index in [2.05, 4.69) is 159 Å². The summed E-state index contributed by atoms with van der Waals surface area (Å²) in [5.41, 5.74) is 15.0. The molecular formula is C41H46Cl2SiZr. The van der Waals surface area contributed by atoms with E-state index in [1.807, 2.05) is 0 Å². The van der Waals surface area contributed by atoms with Gasteiger partial charge in [-0.1, -0.05) is 100 Å². The van der Waals surface area contributed by atoms with Gasteiger partial charge in [-0.25, -0.2) is 0 Å². The summed E-state index contributed by atoms with van der Waals surface area (Å²) in [4.78, 5) is 0. The second-order valence-electron chi connectivity index (χ2n) is 12.1. The fourth-order valence-corrected chi connectivity index (χ4v) is 6.10. The predicted octanol–water partition coefficient (Wildman–Crippen LogP) is 13.6. The summed E-state index contributed by atoms with van der Waals surface area (Å²) in [6.07, 6.45) is 0. The Morgan fingerprint density at radius 2 is 1.07 bits per heavy atom. The van der Waals surface area contributed by atoms with E-state index in [0.29, 0.717) is 5.92 Å². The number of fused-ring (bicyclic) bond motifs is 2. The molecule has 6 rings (SSSR count). The zero-order valence-electron chi connectivity index (χ0n) is 28.5. The SMILES string of the molecule is C[Si]C.Cc1cc2c(-c3c(C)cccc3C)ccc(C)c2[cH-]1.Cc1cccc(C)c1-c1cccc2[cH-]c(C(C)C)cc12.[Cl][Zr+2][Cl]. The average molecular weight is 729 g/mol. The molecule has 4 heteroatoms. The van der Waals surface area contributed by atoms with Crippen molar-refractivity contribution in [1.29, 1.82) is 0 Å². The number of halogens is 2. The molecule has 0 spiro atoms. The van der Waals surface area contributed by atoms with Gasteiger partial charge in [0.25, 0.3) is 0 Å². The van der Waals surface area contributed by atoms with Crippen molar-refractivity contribution in [3.8, 4) is 22.3 Å². The van der Waals surface area contributed by atoms with Crippen molar-refractivity contribution in [3.05, 3.63) is 130 Å². The second kappa shape index (κ2) is 17.6. The minimum absolute atomic E-state index is 0.577. The number of rotatable bonds is 3. The third kappa shape index (κ3) is 9.20. The zero-order chi connectivity index (χ0) is 33.3. The van der Waals surface area contributed by atoms with Crippen LogP contribution in [0.4, 0.5) is 0 Å². The molecule has 0 saturated heterocycles. The Bertz CT molecular complexity index is 1800. The second-order valence-corrected chi connectivity index (χ2v) is 16.9. The third-order valence-electron chi connectivity index (χ3n) is 8.19. The van der Waals surface area contributed by atoms with Crippen LogP contribution in [0.3, 0.4) is 0 Å². The van der Waals surface area contributed by atoms with Crippen molar-refractivity contribution < 1.29 is 20.8 Å². The first-order valence-corrected chi connectivity index (χ1v) is 23.9. The molecular weight excluding hydrogens is 683 g/mol. The standard InChI is InChI=1S/C20H21.C19H19.C2H6Si.2ClH.Zr/c1-13(2)17-11-16-9-6-10-18(19(16)12-17)20-14(3)7-5-8-15(20)4;1-12-10-17-13(2)8-9-16(18(17)11-12)19-14(3)6-5-7-15(19)4;1-3-2;;;/h5-13H,1-4H3;5-11H,1-4H3;1-2H3;2*1H;/q2*-1;;;;+4/p-2. The number of benzene rings is 4. The van der Waals surface area contributed by atoms with Crippen molar-refractivity contribution in [2.24, 2.45) is 0 Å². The summed E-state index contributed by atoms with van der Waals surface area (Å²) in [5, 5.41) is 5.51. The first kappa shape index (κ1) is 37.2. The van der Waals surface area contributed by atoms with E-state index < -0.39 is 20.8 Å². The predicted molar refractivity (Wildman–Crippen MR) is 202 cm³/mol. The van der Waals surface area contributed by atoms with E-state index in [4.69, 9.17) is 17.0 Å². The van der Waals surface area contributed by atoms with Gasteiger partial charge in [-0.15, -0.1) is 68.6 Å². The van der Waals surface area contributed by atoms with Gasteiger partial charge in [0, 0.05) is 9.52 Å². The summed E-state index contributed by atoms with van der Waals surface area (Å²) in [6, 6.07) is 33.5. The van der Waals surface area contributed by atoms with Gasteiger partial charge in [0.2, 0.25) is 0 Å². The molecule has 0 aliphatic heterocycles. The molecule has 0 bridgehead atoms. The van der Waals surface area contributed by atoms with Crippen LogP contribution in [0.25, 0.3) is 43.8 Å². The summed E-state index contributed by atoms with van der Waals surface area (Å²) in [5.74, 6) is 0.577. The zero-order valence-corrected chi connectivity index (χ0v) is 33.5. The monoisotopic (exact) mass is 726 g/mol. The Balaban J connectivity index is 0.000000209. The van der Waals surface area contributed by atoms with Gasteiger partial charge in [-0.2, -0.15) is 12.1 Å². The third-order valence-corrected chi connectivity index (χ3v) is 8.19. The molecule has 0 aromatic heterocycles. The van der Waals surface area contributed by atoms with E-state index in [1.165, 1.54) is 82.7 Å². The van der Waals surface area contributed by atoms with E-state index in [1.54, 1.807) is 0 Å². The molecule has 0 aliphatic rings. The normalized spacial score (nSPS) is 10.4. The number of hydrogen-bond donors (Lipinski definition) is 0. The Hall–Kier alpha value is -2.22. The maximum atomic E-state index is 4.93. The van der Waals surface area contributed by atoms with Crippen molar-refractivity contribution >= 4 is 48.1 Å². The van der Waals surface area contributed by atoms with Crippen LogP contribution >= 0.6 is 17.0 Å². The molecule has 0 unspecified atom stereocenters. The number of aryl methyl sites for hydroxylation is 6. The molecule has 232 valence electrons. The van der Waals surface area contributed by atoms with Gasteiger partial charge >= 0.3 is 37.9 Å². The van der Waals surface area contributed by atoms with Crippen molar-refractivity contribution in [2.45, 2.75) is 74.4 Å². The van der Waals surface area contributed by atoms with Crippen LogP contribution in [0.2, 0.25) is 13.1 Å². The van der Waals surface area contributed by atoms with Crippen LogP contribution in [0.1, 0.15) is 58.7 Å². The van der Waals surface area contributed by atoms with Crippen molar-refractivity contribution in [1.82, 2.24) is 0 Å². The first-order valence-electron chi connectivity index (χ1n) is 15.5. The van der Waals surface area contributed by atoms with Crippen LogP contribution in [-0.2, 0) is 20.8 Å². The fraction of sp³-hybridized carbons (Fsp3) is 0.268. The molecule has 0 fully saturated rings. The molecule has 2 radical (unpaired) electrons. The minimum atomic E-state index is -0.826. The van der Waals surface area contributed by atoms with Crippen LogP contribution < -0.4 is 0 Å². The van der Waals surface area contributed by atoms with E-state index in [-0.39, 0.29) is 0 Å². The van der Waals surface area contributed by atoms with Crippen molar-refractivity contribution in [3.63, 3.8) is 0 Å². The van der Waals surface area contributed by atoms with Crippen molar-refractivity contribution in [2.75, 3.05) is 0 Å². The topological polar surface area (TPSA) is 0 Å². The van der Waals surface area contributed by atoms with E-state index >= 15 is 0 Å². The molecule has 0 atom stereocenters. The molecule has 6 aromatic carbocycles. The Morgan fingerprint density at radius 1 is 0.600 bits per heavy atom. The van der Waals surface area contributed by atoms with Crippen LogP contribution in [0.15, 0.2) is 91.0 Å². The van der Waals surface area contributed by atoms with Crippen LogP contribution in [0.5, 0.6) is 0 Å². The molecule has 0 saturated carbocycles. The molecule has 0 nitrogen and oxygen atoms in total. The Kier molecular flexibility index (Phi) is 14.6. The van der Waals surface area contributed by atoms with Gasteiger partial charge < -0.3 is 0 Å². The first-order chi connectivity index (χ1) is 21.5. The molecule has 0 N–H and O–H groups in total. The van der Waals surface area contributed by atoms with Crippen LogP contribution in [-0.4, -0.2) is 9.52 Å². The number of hydrogen-bond acceptors (Lipinski definition) is 0. The molecule has 0 heterocycles. The van der Waals surface area contributed by atoms with E-state index in [0.717, 1.165) is 9.52 Å². The van der Waals surface area contributed by atoms with Gasteiger partial charge in [0.15, 0.2) is 0 Å². The maximum absolute atomic E-state index is 4.93. The fourth-order valence-electron chi connectivity index (χ4n) is 6.10. The summed E-state index contributed by atoms with van der Waals surface area (Å²) in [6.45, 7) is 22.0. The average Bonchev–Trinajstić information content (AvgIpc) is 3.60. The quantitative estimate of drug-likeness (QED) is 0.126.